The van der Waals surface area contributed by atoms with E-state index in [4.69, 9.17) is 11.6 Å². The summed E-state index contributed by atoms with van der Waals surface area (Å²) < 4.78 is 12.8. The van der Waals surface area contributed by atoms with Crippen LogP contribution in [0.5, 0.6) is 0 Å². The summed E-state index contributed by atoms with van der Waals surface area (Å²) >= 11 is 5.81. The van der Waals surface area contributed by atoms with Crippen molar-refractivity contribution in [2.75, 3.05) is 6.54 Å². The molecule has 0 saturated heterocycles. The van der Waals surface area contributed by atoms with Crippen molar-refractivity contribution in [1.29, 1.82) is 0 Å². The minimum Gasteiger partial charge on any atom is -0.352 e. The van der Waals surface area contributed by atoms with Gasteiger partial charge in [-0.2, -0.15) is 0 Å². The number of nitrogens with one attached hydrogen (secondary N) is 1. The molecule has 0 aliphatic carbocycles. The second-order valence-electron chi connectivity index (χ2n) is 4.02. The van der Waals surface area contributed by atoms with Gasteiger partial charge in [0.25, 0.3) is 5.91 Å². The van der Waals surface area contributed by atoms with Crippen molar-refractivity contribution in [3.8, 4) is 0 Å². The number of amides is 1. The average Bonchev–Trinajstić information content (AvgIpc) is 2.30. The second-order valence-corrected chi connectivity index (χ2v) is 4.42. The van der Waals surface area contributed by atoms with Crippen LogP contribution in [0.3, 0.4) is 0 Å². The second kappa shape index (κ2) is 6.60. The first kappa shape index (κ1) is 14.0. The third-order valence-electron chi connectivity index (χ3n) is 2.88. The van der Waals surface area contributed by atoms with E-state index in [9.17, 15) is 9.18 Å². The third kappa shape index (κ3) is 4.00. The standard InChI is InChI=1S/C13H17ClFNO/c1-3-9(4-2)8-16-13(17)11-6-5-10(15)7-12(11)14/h5-7,9H,3-4,8H2,1-2H3,(H,16,17). The summed E-state index contributed by atoms with van der Waals surface area (Å²) in [7, 11) is 0. The van der Waals surface area contributed by atoms with Gasteiger partial charge in [0.2, 0.25) is 0 Å². The highest BCUT2D eigenvalue weighted by molar-refractivity contribution is 6.33. The molecule has 1 N–H and O–H groups in total. The molecule has 1 aromatic rings. The summed E-state index contributed by atoms with van der Waals surface area (Å²) in [6.45, 7) is 4.80. The molecule has 0 radical (unpaired) electrons. The molecule has 0 atom stereocenters. The molecule has 1 rings (SSSR count). The molecule has 0 fully saturated rings. The van der Waals surface area contributed by atoms with E-state index in [0.717, 1.165) is 18.9 Å². The van der Waals surface area contributed by atoms with Gasteiger partial charge in [0, 0.05) is 6.54 Å². The highest BCUT2D eigenvalue weighted by Gasteiger charge is 2.12. The highest BCUT2D eigenvalue weighted by Crippen LogP contribution is 2.17. The number of hydrogen-bond acceptors (Lipinski definition) is 1. The Hall–Kier alpha value is -1.09. The molecule has 0 saturated carbocycles. The van der Waals surface area contributed by atoms with Crippen molar-refractivity contribution in [1.82, 2.24) is 5.32 Å². The van der Waals surface area contributed by atoms with Gasteiger partial charge in [0.05, 0.1) is 10.6 Å². The Morgan fingerprint density at radius 1 is 1.41 bits per heavy atom. The van der Waals surface area contributed by atoms with E-state index in [1.54, 1.807) is 0 Å². The van der Waals surface area contributed by atoms with Gasteiger partial charge < -0.3 is 5.32 Å². The maximum absolute atomic E-state index is 12.8. The fraction of sp³-hybridized carbons (Fsp3) is 0.462. The zero-order valence-corrected chi connectivity index (χ0v) is 10.9. The van der Waals surface area contributed by atoms with Crippen LogP contribution in [-0.4, -0.2) is 12.5 Å². The third-order valence-corrected chi connectivity index (χ3v) is 3.19. The van der Waals surface area contributed by atoms with Crippen LogP contribution in [0.2, 0.25) is 5.02 Å². The maximum atomic E-state index is 12.8. The summed E-state index contributed by atoms with van der Waals surface area (Å²) in [5.74, 6) is -0.216. The van der Waals surface area contributed by atoms with Crippen LogP contribution in [0.4, 0.5) is 4.39 Å². The fourth-order valence-corrected chi connectivity index (χ4v) is 1.84. The molecule has 1 amide bonds. The lowest BCUT2D eigenvalue weighted by atomic mass is 10.0. The minimum atomic E-state index is -0.438. The first-order valence-corrected chi connectivity index (χ1v) is 6.19. The number of carbonyl (C=O) groups excluding carboxylic acids is 1. The lowest BCUT2D eigenvalue weighted by molar-refractivity contribution is 0.0946. The molecule has 0 aliphatic heterocycles. The van der Waals surface area contributed by atoms with Crippen LogP contribution in [0.25, 0.3) is 0 Å². The number of hydrogen-bond donors (Lipinski definition) is 1. The van der Waals surface area contributed by atoms with E-state index in [0.29, 0.717) is 18.0 Å². The van der Waals surface area contributed by atoms with Crippen LogP contribution < -0.4 is 5.32 Å². The van der Waals surface area contributed by atoms with E-state index in [-0.39, 0.29) is 10.9 Å². The number of carbonyl (C=O) groups is 1. The Balaban J connectivity index is 2.64. The Kier molecular flexibility index (Phi) is 5.42. The fourth-order valence-electron chi connectivity index (χ4n) is 1.58. The molecular formula is C13H17ClFNO. The Bertz CT molecular complexity index is 391. The zero-order chi connectivity index (χ0) is 12.8. The van der Waals surface area contributed by atoms with Gasteiger partial charge >= 0.3 is 0 Å². The molecule has 4 heteroatoms. The first-order valence-electron chi connectivity index (χ1n) is 5.81. The smallest absolute Gasteiger partial charge is 0.252 e. The van der Waals surface area contributed by atoms with Crippen LogP contribution in [0.1, 0.15) is 37.0 Å². The van der Waals surface area contributed by atoms with Crippen molar-refractivity contribution in [2.24, 2.45) is 5.92 Å². The van der Waals surface area contributed by atoms with Crippen LogP contribution >= 0.6 is 11.6 Å². The predicted octanol–water partition coefficient (Wildman–Crippen LogP) is 3.65. The van der Waals surface area contributed by atoms with Crippen LogP contribution in [0.15, 0.2) is 18.2 Å². The monoisotopic (exact) mass is 257 g/mol. The SMILES string of the molecule is CCC(CC)CNC(=O)c1ccc(F)cc1Cl. The Morgan fingerprint density at radius 2 is 2.06 bits per heavy atom. The van der Waals surface area contributed by atoms with Gasteiger partial charge in [-0.25, -0.2) is 4.39 Å². The van der Waals surface area contributed by atoms with Crippen LogP contribution in [-0.2, 0) is 0 Å². The molecule has 0 aromatic heterocycles. The summed E-state index contributed by atoms with van der Waals surface area (Å²) in [5.41, 5.74) is 0.319. The van der Waals surface area contributed by atoms with Gasteiger partial charge in [-0.3, -0.25) is 4.79 Å². The molecule has 0 unspecified atom stereocenters. The normalized spacial score (nSPS) is 10.6. The van der Waals surface area contributed by atoms with Gasteiger partial charge in [-0.15, -0.1) is 0 Å². The average molecular weight is 258 g/mol. The lowest BCUT2D eigenvalue weighted by Crippen LogP contribution is -2.29. The van der Waals surface area contributed by atoms with Crippen molar-refractivity contribution in [3.63, 3.8) is 0 Å². The summed E-state index contributed by atoms with van der Waals surface area (Å²) in [4.78, 5) is 11.8. The summed E-state index contributed by atoms with van der Waals surface area (Å²) in [5, 5.41) is 2.96. The quantitative estimate of drug-likeness (QED) is 0.857. The van der Waals surface area contributed by atoms with E-state index < -0.39 is 5.82 Å². The van der Waals surface area contributed by atoms with Crippen LogP contribution in [0, 0.1) is 11.7 Å². The highest BCUT2D eigenvalue weighted by atomic mass is 35.5. The number of halogens is 2. The van der Waals surface area contributed by atoms with Crippen molar-refractivity contribution in [2.45, 2.75) is 26.7 Å². The first-order chi connectivity index (χ1) is 8.08. The largest absolute Gasteiger partial charge is 0.352 e. The number of rotatable bonds is 5. The van der Waals surface area contributed by atoms with E-state index in [1.807, 2.05) is 0 Å². The lowest BCUT2D eigenvalue weighted by Gasteiger charge is -2.13. The molecule has 0 spiro atoms. The topological polar surface area (TPSA) is 29.1 Å². The molecule has 17 heavy (non-hydrogen) atoms. The molecule has 0 heterocycles. The zero-order valence-electron chi connectivity index (χ0n) is 10.1. The predicted molar refractivity (Wildman–Crippen MR) is 67.8 cm³/mol. The minimum absolute atomic E-state index is 0.145. The van der Waals surface area contributed by atoms with Gasteiger partial charge in [-0.1, -0.05) is 38.3 Å². The van der Waals surface area contributed by atoms with Gasteiger partial charge in [0.15, 0.2) is 0 Å². The van der Waals surface area contributed by atoms with Gasteiger partial charge in [0.1, 0.15) is 5.82 Å². The molecular weight excluding hydrogens is 241 g/mol. The Labute approximate surface area is 106 Å². The molecule has 1 aromatic carbocycles. The van der Waals surface area contributed by atoms with E-state index in [2.05, 4.69) is 19.2 Å². The maximum Gasteiger partial charge on any atom is 0.252 e. The van der Waals surface area contributed by atoms with Crippen molar-refractivity contribution < 1.29 is 9.18 Å². The van der Waals surface area contributed by atoms with Crippen molar-refractivity contribution in [3.05, 3.63) is 34.6 Å². The van der Waals surface area contributed by atoms with E-state index >= 15 is 0 Å². The van der Waals surface area contributed by atoms with E-state index in [1.165, 1.54) is 12.1 Å². The van der Waals surface area contributed by atoms with Crippen molar-refractivity contribution >= 4 is 17.5 Å². The molecule has 94 valence electrons. The molecule has 2 nitrogen and oxygen atoms in total. The summed E-state index contributed by atoms with van der Waals surface area (Å²) in [6.07, 6.45) is 2.04. The van der Waals surface area contributed by atoms with Gasteiger partial charge in [-0.05, 0) is 24.1 Å². The summed E-state index contributed by atoms with van der Waals surface area (Å²) in [6, 6.07) is 3.78. The number of benzene rings is 1. The molecule has 0 aliphatic rings. The molecule has 0 bridgehead atoms. The Morgan fingerprint density at radius 3 is 2.59 bits per heavy atom.